The normalized spacial score (nSPS) is 16.6. The molecule has 0 bridgehead atoms. The Bertz CT molecular complexity index is 1340. The summed E-state index contributed by atoms with van der Waals surface area (Å²) >= 11 is 5.94. The number of benzene rings is 1. The van der Waals surface area contributed by atoms with Gasteiger partial charge >= 0.3 is 5.69 Å². The number of nitrogens with zero attached hydrogens (tertiary/aromatic N) is 6. The van der Waals surface area contributed by atoms with E-state index in [4.69, 9.17) is 16.1 Å². The van der Waals surface area contributed by atoms with Crippen molar-refractivity contribution in [2.75, 3.05) is 13.1 Å². The van der Waals surface area contributed by atoms with Crippen molar-refractivity contribution in [2.45, 2.75) is 26.3 Å². The van der Waals surface area contributed by atoms with E-state index in [1.807, 2.05) is 4.90 Å². The van der Waals surface area contributed by atoms with E-state index < -0.39 is 5.69 Å². The summed E-state index contributed by atoms with van der Waals surface area (Å²) in [4.78, 5) is 31.9. The fourth-order valence-corrected chi connectivity index (χ4v) is 4.13. The minimum atomic E-state index is -0.391. The van der Waals surface area contributed by atoms with Gasteiger partial charge in [-0.2, -0.15) is 4.98 Å². The fourth-order valence-electron chi connectivity index (χ4n) is 4.00. The summed E-state index contributed by atoms with van der Waals surface area (Å²) in [5, 5.41) is 9.06. The van der Waals surface area contributed by atoms with Gasteiger partial charge in [0.15, 0.2) is 5.65 Å². The highest BCUT2D eigenvalue weighted by Gasteiger charge is 2.23. The van der Waals surface area contributed by atoms with Gasteiger partial charge in [0.2, 0.25) is 11.7 Å². The van der Waals surface area contributed by atoms with E-state index in [-0.39, 0.29) is 18.3 Å². The maximum absolute atomic E-state index is 12.9. The number of halogens is 1. The Kier molecular flexibility index (Phi) is 5.26. The van der Waals surface area contributed by atoms with Crippen molar-refractivity contribution in [1.82, 2.24) is 29.2 Å². The van der Waals surface area contributed by atoms with Crippen molar-refractivity contribution in [3.05, 3.63) is 58.1 Å². The SMILES string of the molecule is C[C@H]1CCCN(C(=O)Cn2nc3c(-c4nc(-c5ccc(Cl)cc5)no4)cccn3c2=O)C1. The van der Waals surface area contributed by atoms with Crippen LogP contribution < -0.4 is 5.69 Å². The minimum Gasteiger partial charge on any atom is -0.341 e. The van der Waals surface area contributed by atoms with Crippen LogP contribution in [0.1, 0.15) is 19.8 Å². The van der Waals surface area contributed by atoms with Crippen molar-refractivity contribution in [3.63, 3.8) is 0 Å². The molecule has 10 heteroatoms. The zero-order valence-electron chi connectivity index (χ0n) is 17.4. The van der Waals surface area contributed by atoms with Gasteiger partial charge in [-0.15, -0.1) is 5.10 Å². The van der Waals surface area contributed by atoms with Crippen LogP contribution in [0.5, 0.6) is 0 Å². The van der Waals surface area contributed by atoms with E-state index in [9.17, 15) is 9.59 Å². The lowest BCUT2D eigenvalue weighted by molar-refractivity contribution is -0.133. The van der Waals surface area contributed by atoms with Gasteiger partial charge < -0.3 is 9.42 Å². The molecule has 4 heterocycles. The molecule has 1 aliphatic heterocycles. The van der Waals surface area contributed by atoms with Gasteiger partial charge in [-0.1, -0.05) is 23.7 Å². The Balaban J connectivity index is 1.46. The van der Waals surface area contributed by atoms with Gasteiger partial charge in [0.05, 0.1) is 5.56 Å². The molecule has 164 valence electrons. The van der Waals surface area contributed by atoms with Crippen molar-refractivity contribution >= 4 is 23.2 Å². The third kappa shape index (κ3) is 3.80. The number of rotatable bonds is 4. The van der Waals surface area contributed by atoms with Crippen LogP contribution in [0.4, 0.5) is 0 Å². The molecule has 32 heavy (non-hydrogen) atoms. The van der Waals surface area contributed by atoms with Crippen LogP contribution in [0.25, 0.3) is 28.5 Å². The van der Waals surface area contributed by atoms with Crippen LogP contribution in [0.3, 0.4) is 0 Å². The molecular formula is C22H21ClN6O3. The largest absolute Gasteiger partial charge is 0.350 e. The summed E-state index contributed by atoms with van der Waals surface area (Å²) in [7, 11) is 0. The van der Waals surface area contributed by atoms with Crippen LogP contribution in [-0.4, -0.2) is 48.2 Å². The lowest BCUT2D eigenvalue weighted by atomic mass is 10.0. The first-order valence-electron chi connectivity index (χ1n) is 10.5. The lowest BCUT2D eigenvalue weighted by Crippen LogP contribution is -2.42. The molecule has 0 radical (unpaired) electrons. The van der Waals surface area contributed by atoms with Crippen LogP contribution in [0, 0.1) is 5.92 Å². The van der Waals surface area contributed by atoms with E-state index in [1.54, 1.807) is 42.6 Å². The molecule has 0 unspecified atom stereocenters. The van der Waals surface area contributed by atoms with E-state index in [2.05, 4.69) is 22.2 Å². The molecule has 5 rings (SSSR count). The number of pyridine rings is 1. The lowest BCUT2D eigenvalue weighted by Gasteiger charge is -2.30. The predicted molar refractivity (Wildman–Crippen MR) is 118 cm³/mol. The summed E-state index contributed by atoms with van der Waals surface area (Å²) in [5.74, 6) is 0.986. The van der Waals surface area contributed by atoms with Gasteiger partial charge in [-0.3, -0.25) is 4.79 Å². The highest BCUT2D eigenvalue weighted by atomic mass is 35.5. The maximum atomic E-state index is 12.9. The number of carbonyl (C=O) groups excluding carboxylic acids is 1. The number of hydrogen-bond acceptors (Lipinski definition) is 6. The average Bonchev–Trinajstić information content (AvgIpc) is 3.40. The number of aromatic nitrogens is 5. The van der Waals surface area contributed by atoms with Crippen LogP contribution >= 0.6 is 11.6 Å². The second-order valence-corrected chi connectivity index (χ2v) is 8.51. The third-order valence-corrected chi connectivity index (χ3v) is 5.92. The monoisotopic (exact) mass is 452 g/mol. The first-order valence-corrected chi connectivity index (χ1v) is 10.8. The Labute approximate surface area is 188 Å². The Morgan fingerprint density at radius 2 is 2.06 bits per heavy atom. The van der Waals surface area contributed by atoms with E-state index in [0.29, 0.717) is 41.1 Å². The smallest absolute Gasteiger partial charge is 0.341 e. The molecule has 0 saturated carbocycles. The molecule has 1 fully saturated rings. The van der Waals surface area contributed by atoms with E-state index in [0.717, 1.165) is 18.4 Å². The first kappa shape index (κ1) is 20.4. The standard InChI is InChI=1S/C22H21ClN6O3/c1-14-4-2-10-27(12-14)18(30)13-29-22(31)28-11-3-5-17(20(28)25-29)21-24-19(26-32-21)15-6-8-16(23)9-7-15/h3,5-9,11,14H,2,4,10,12-13H2,1H3/t14-/m0/s1. The van der Waals surface area contributed by atoms with Crippen molar-refractivity contribution in [3.8, 4) is 22.8 Å². The van der Waals surface area contributed by atoms with Gasteiger partial charge in [0.25, 0.3) is 5.89 Å². The zero-order chi connectivity index (χ0) is 22.2. The van der Waals surface area contributed by atoms with Gasteiger partial charge in [-0.05, 0) is 55.2 Å². The molecule has 0 spiro atoms. The number of fused-ring (bicyclic) bond motifs is 1. The molecule has 9 nitrogen and oxygen atoms in total. The van der Waals surface area contributed by atoms with Crippen molar-refractivity contribution < 1.29 is 9.32 Å². The van der Waals surface area contributed by atoms with Gasteiger partial charge in [0.1, 0.15) is 6.54 Å². The third-order valence-electron chi connectivity index (χ3n) is 5.66. The minimum absolute atomic E-state index is 0.105. The highest BCUT2D eigenvalue weighted by Crippen LogP contribution is 2.25. The second-order valence-electron chi connectivity index (χ2n) is 8.07. The molecule has 1 aromatic carbocycles. The first-order chi connectivity index (χ1) is 15.5. The molecule has 1 atom stereocenters. The topological polar surface area (TPSA) is 98.5 Å². The molecule has 0 N–H and O–H groups in total. The van der Waals surface area contributed by atoms with Crippen LogP contribution in [0.2, 0.25) is 5.02 Å². The quantitative estimate of drug-likeness (QED) is 0.471. The molecule has 1 aliphatic rings. The van der Waals surface area contributed by atoms with E-state index in [1.165, 1.54) is 9.08 Å². The molecule has 1 amide bonds. The summed E-state index contributed by atoms with van der Waals surface area (Å²) in [6, 6.07) is 10.5. The van der Waals surface area contributed by atoms with Crippen molar-refractivity contribution in [1.29, 1.82) is 0 Å². The highest BCUT2D eigenvalue weighted by molar-refractivity contribution is 6.30. The average molecular weight is 453 g/mol. The Morgan fingerprint density at radius 1 is 1.25 bits per heavy atom. The summed E-state index contributed by atoms with van der Waals surface area (Å²) in [5.41, 5.74) is 1.22. The zero-order valence-corrected chi connectivity index (χ0v) is 18.2. The summed E-state index contributed by atoms with van der Waals surface area (Å²) < 4.78 is 8.02. The number of hydrogen-bond donors (Lipinski definition) is 0. The van der Waals surface area contributed by atoms with E-state index >= 15 is 0 Å². The van der Waals surface area contributed by atoms with Crippen molar-refractivity contribution in [2.24, 2.45) is 5.92 Å². The van der Waals surface area contributed by atoms with Crippen LogP contribution in [-0.2, 0) is 11.3 Å². The number of amides is 1. The molecule has 1 saturated heterocycles. The number of likely N-dealkylation sites (tertiary alicyclic amines) is 1. The Morgan fingerprint density at radius 3 is 2.84 bits per heavy atom. The van der Waals surface area contributed by atoms with Crippen LogP contribution in [0.15, 0.2) is 51.9 Å². The molecular weight excluding hydrogens is 432 g/mol. The summed E-state index contributed by atoms with van der Waals surface area (Å²) in [6.07, 6.45) is 3.70. The van der Waals surface area contributed by atoms with Gasteiger partial charge in [0, 0.05) is 29.9 Å². The number of piperidine rings is 1. The molecule has 4 aromatic rings. The summed E-state index contributed by atoms with van der Waals surface area (Å²) in [6.45, 7) is 3.45. The maximum Gasteiger partial charge on any atom is 0.350 e. The van der Waals surface area contributed by atoms with Gasteiger partial charge in [-0.25, -0.2) is 13.9 Å². The Hall–Kier alpha value is -3.46. The number of carbonyl (C=O) groups is 1. The fraction of sp³-hybridized carbons (Fsp3) is 0.318. The molecule has 3 aromatic heterocycles. The second kappa shape index (κ2) is 8.23. The molecule has 0 aliphatic carbocycles. The predicted octanol–water partition coefficient (Wildman–Crippen LogP) is 3.12.